The lowest BCUT2D eigenvalue weighted by Crippen LogP contribution is -2.33. The first kappa shape index (κ1) is 24.7. The van der Waals surface area contributed by atoms with Crippen molar-refractivity contribution < 1.29 is 4.74 Å². The van der Waals surface area contributed by atoms with E-state index in [4.69, 9.17) is 16.3 Å². The van der Waals surface area contributed by atoms with Gasteiger partial charge in [0.25, 0.3) is 5.56 Å². The molecule has 1 unspecified atom stereocenters. The van der Waals surface area contributed by atoms with Gasteiger partial charge in [-0.15, -0.1) is 11.3 Å². The molecule has 0 amide bonds. The van der Waals surface area contributed by atoms with Gasteiger partial charge in [-0.25, -0.2) is 9.97 Å². The summed E-state index contributed by atoms with van der Waals surface area (Å²) in [4.78, 5) is 27.1. The van der Waals surface area contributed by atoms with Crippen LogP contribution in [0, 0.1) is 0 Å². The molecule has 0 saturated carbocycles. The Bertz CT molecular complexity index is 1650. The van der Waals surface area contributed by atoms with Gasteiger partial charge in [0.05, 0.1) is 23.9 Å². The van der Waals surface area contributed by atoms with Crippen LogP contribution in [0.1, 0.15) is 18.6 Å². The molecule has 0 bridgehead atoms. The summed E-state index contributed by atoms with van der Waals surface area (Å²) in [5.74, 6) is 0.417. The summed E-state index contributed by atoms with van der Waals surface area (Å²) in [7, 11) is 0. The fraction of sp³-hybridized carbons (Fsp3) is 0.214. The number of halogens is 1. The monoisotopic (exact) mass is 544 g/mol. The van der Waals surface area contributed by atoms with Crippen molar-refractivity contribution in [1.29, 1.82) is 0 Å². The van der Waals surface area contributed by atoms with E-state index in [9.17, 15) is 4.79 Å². The van der Waals surface area contributed by atoms with Crippen LogP contribution in [0.5, 0.6) is 0 Å². The Hall–Kier alpha value is -3.63. The molecule has 192 valence electrons. The van der Waals surface area contributed by atoms with E-state index in [1.165, 1.54) is 11.3 Å². The molecule has 0 radical (unpaired) electrons. The number of aryl methyl sites for hydroxylation is 1. The van der Waals surface area contributed by atoms with E-state index in [2.05, 4.69) is 25.6 Å². The van der Waals surface area contributed by atoms with Gasteiger partial charge in [-0.2, -0.15) is 4.98 Å². The minimum absolute atomic E-state index is 0.0555. The third-order valence-electron chi connectivity index (χ3n) is 6.60. The third kappa shape index (κ3) is 4.81. The van der Waals surface area contributed by atoms with Gasteiger partial charge in [0.1, 0.15) is 5.65 Å². The van der Waals surface area contributed by atoms with E-state index in [-0.39, 0.29) is 11.7 Å². The number of thiazole rings is 1. The molecule has 5 aromatic rings. The second-order valence-electron chi connectivity index (χ2n) is 8.96. The lowest BCUT2D eigenvalue weighted by molar-refractivity contribution is 0.0277. The smallest absolute Gasteiger partial charge is 0.260 e. The molecular weight excluding hydrogens is 520 g/mol. The number of ether oxygens (including phenoxy) is 1. The number of rotatable bonds is 6. The third-order valence-corrected chi connectivity index (χ3v) is 7.50. The average molecular weight is 545 g/mol. The fourth-order valence-corrected chi connectivity index (χ4v) is 5.49. The highest BCUT2D eigenvalue weighted by atomic mass is 35.5. The SMILES string of the molecule is CCn1c(=O)c(-c2ccc(-c3cscn3)cc2Cl)cc2cnc(Nc3ccc(C4CNCCO4)cc3)nc21. The Morgan fingerprint density at radius 2 is 2.03 bits per heavy atom. The number of nitrogens with one attached hydrogen (secondary N) is 2. The number of fused-ring (bicyclic) bond motifs is 1. The number of benzene rings is 2. The van der Waals surface area contributed by atoms with E-state index < -0.39 is 0 Å². The van der Waals surface area contributed by atoms with Gasteiger partial charge in [-0.3, -0.25) is 9.36 Å². The zero-order valence-corrected chi connectivity index (χ0v) is 22.2. The van der Waals surface area contributed by atoms with Crippen LogP contribution in [0.25, 0.3) is 33.4 Å². The minimum Gasteiger partial charge on any atom is -0.371 e. The summed E-state index contributed by atoms with van der Waals surface area (Å²) in [5, 5.41) is 9.81. The molecule has 1 saturated heterocycles. The zero-order valence-electron chi connectivity index (χ0n) is 20.6. The second-order valence-corrected chi connectivity index (χ2v) is 10.1. The van der Waals surface area contributed by atoms with E-state index in [1.54, 1.807) is 16.3 Å². The number of aromatic nitrogens is 4. The van der Waals surface area contributed by atoms with E-state index in [0.29, 0.717) is 40.9 Å². The molecule has 3 aromatic heterocycles. The number of hydrogen-bond donors (Lipinski definition) is 2. The largest absolute Gasteiger partial charge is 0.371 e. The van der Waals surface area contributed by atoms with Crippen molar-refractivity contribution in [2.75, 3.05) is 25.0 Å². The molecule has 1 aliphatic heterocycles. The maximum Gasteiger partial charge on any atom is 0.260 e. The highest BCUT2D eigenvalue weighted by Gasteiger charge is 2.17. The highest BCUT2D eigenvalue weighted by molar-refractivity contribution is 7.07. The van der Waals surface area contributed by atoms with Gasteiger partial charge in [0.2, 0.25) is 5.95 Å². The fourth-order valence-electron chi connectivity index (χ4n) is 4.64. The van der Waals surface area contributed by atoms with Crippen LogP contribution in [0.4, 0.5) is 11.6 Å². The molecule has 0 aliphatic carbocycles. The Morgan fingerprint density at radius 1 is 1.16 bits per heavy atom. The van der Waals surface area contributed by atoms with Crippen molar-refractivity contribution >= 4 is 45.6 Å². The molecule has 1 fully saturated rings. The zero-order chi connectivity index (χ0) is 26.1. The van der Waals surface area contributed by atoms with Crippen LogP contribution in [0.15, 0.2) is 70.4 Å². The molecule has 2 N–H and O–H groups in total. The lowest BCUT2D eigenvalue weighted by atomic mass is 10.0. The normalized spacial score (nSPS) is 15.6. The van der Waals surface area contributed by atoms with Gasteiger partial charge in [0.15, 0.2) is 0 Å². The summed E-state index contributed by atoms with van der Waals surface area (Å²) in [5.41, 5.74) is 7.10. The minimum atomic E-state index is -0.154. The second kappa shape index (κ2) is 10.6. The molecule has 1 atom stereocenters. The van der Waals surface area contributed by atoms with Crippen molar-refractivity contribution in [2.45, 2.75) is 19.6 Å². The van der Waals surface area contributed by atoms with Crippen LogP contribution >= 0.6 is 22.9 Å². The summed E-state index contributed by atoms with van der Waals surface area (Å²) < 4.78 is 7.48. The van der Waals surface area contributed by atoms with Crippen LogP contribution in [0.3, 0.4) is 0 Å². The number of nitrogens with zero attached hydrogens (tertiary/aromatic N) is 4. The first-order valence-electron chi connectivity index (χ1n) is 12.4. The molecule has 0 spiro atoms. The highest BCUT2D eigenvalue weighted by Crippen LogP contribution is 2.32. The number of hydrogen-bond acceptors (Lipinski definition) is 8. The van der Waals surface area contributed by atoms with Crippen LogP contribution in [-0.4, -0.2) is 39.2 Å². The van der Waals surface area contributed by atoms with Gasteiger partial charge >= 0.3 is 0 Å². The van der Waals surface area contributed by atoms with E-state index >= 15 is 0 Å². The van der Waals surface area contributed by atoms with Crippen molar-refractivity contribution in [3.05, 3.63) is 86.6 Å². The number of anilines is 2. The predicted octanol–water partition coefficient (Wildman–Crippen LogP) is 5.66. The number of pyridine rings is 1. The van der Waals surface area contributed by atoms with Gasteiger partial charge in [-0.1, -0.05) is 35.9 Å². The van der Waals surface area contributed by atoms with Crippen molar-refractivity contribution in [1.82, 2.24) is 24.8 Å². The maximum atomic E-state index is 13.5. The summed E-state index contributed by atoms with van der Waals surface area (Å²) >= 11 is 8.17. The molecule has 6 rings (SSSR count). The summed E-state index contributed by atoms with van der Waals surface area (Å²) in [6.45, 7) is 4.77. The predicted molar refractivity (Wildman–Crippen MR) is 152 cm³/mol. The van der Waals surface area contributed by atoms with Crippen LogP contribution < -0.4 is 16.2 Å². The molecule has 1 aliphatic rings. The Balaban J connectivity index is 1.31. The van der Waals surface area contributed by atoms with Crippen molar-refractivity contribution in [2.24, 2.45) is 0 Å². The quantitative estimate of drug-likeness (QED) is 0.285. The van der Waals surface area contributed by atoms with Crippen LogP contribution in [0.2, 0.25) is 5.02 Å². The Morgan fingerprint density at radius 3 is 2.74 bits per heavy atom. The van der Waals surface area contributed by atoms with Crippen LogP contribution in [-0.2, 0) is 11.3 Å². The maximum absolute atomic E-state index is 13.5. The van der Waals surface area contributed by atoms with Gasteiger partial charge in [-0.05, 0) is 36.8 Å². The molecule has 8 nitrogen and oxygen atoms in total. The summed E-state index contributed by atoms with van der Waals surface area (Å²) in [6, 6.07) is 15.5. The van der Waals surface area contributed by atoms with E-state index in [1.807, 2.05) is 60.8 Å². The molecular formula is C28H25ClN6O2S. The molecule has 10 heteroatoms. The number of morpholine rings is 1. The first-order chi connectivity index (χ1) is 18.6. The summed E-state index contributed by atoms with van der Waals surface area (Å²) in [6.07, 6.45) is 1.78. The van der Waals surface area contributed by atoms with E-state index in [0.717, 1.165) is 41.0 Å². The Kier molecular flexibility index (Phi) is 6.90. The molecule has 38 heavy (non-hydrogen) atoms. The standard InChI is InChI=1S/C28H25ClN6O2S/c1-2-35-26-19(11-22(27(35)36)21-8-5-18(12-23(21)29)24-15-38-16-32-24)13-31-28(34-26)33-20-6-3-17(4-7-20)25-14-30-9-10-37-25/h3-8,11-13,15-16,25,30H,2,9-10,14H2,1H3,(H,31,33,34). The van der Waals surface area contributed by atoms with Gasteiger partial charge < -0.3 is 15.4 Å². The average Bonchev–Trinajstić information content (AvgIpc) is 3.49. The van der Waals surface area contributed by atoms with Crippen molar-refractivity contribution in [3.63, 3.8) is 0 Å². The molecule has 4 heterocycles. The lowest BCUT2D eigenvalue weighted by Gasteiger charge is -2.24. The van der Waals surface area contributed by atoms with Crippen molar-refractivity contribution in [3.8, 4) is 22.4 Å². The first-order valence-corrected chi connectivity index (χ1v) is 13.7. The van der Waals surface area contributed by atoms with Gasteiger partial charge in [0, 0.05) is 64.0 Å². The Labute approximate surface area is 228 Å². The topological polar surface area (TPSA) is 94.0 Å². The molecule has 2 aromatic carbocycles.